The second kappa shape index (κ2) is 5.68. The Morgan fingerprint density at radius 1 is 0.889 bits per heavy atom. The molecule has 2 aromatic rings. The Labute approximate surface area is 125 Å². The molecule has 2 N–H and O–H groups in total. The van der Waals surface area contributed by atoms with Crippen molar-refractivity contribution in [2.75, 3.05) is 0 Å². The van der Waals surface area contributed by atoms with Crippen molar-refractivity contribution in [3.8, 4) is 0 Å². The lowest BCUT2D eigenvalue weighted by Gasteiger charge is -2.15. The zero-order chi connectivity index (χ0) is 13.3. The van der Waals surface area contributed by atoms with E-state index in [4.69, 9.17) is 52.1 Å². The molecule has 0 aliphatic heterocycles. The van der Waals surface area contributed by atoms with Gasteiger partial charge >= 0.3 is 0 Å². The molecule has 94 valence electrons. The predicted octanol–water partition coefficient (Wildman–Crippen LogP) is 5.35. The highest BCUT2D eigenvalue weighted by atomic mass is 35.5. The monoisotopic (exact) mass is 319 g/mol. The zero-order valence-corrected chi connectivity index (χ0v) is 12.2. The van der Waals surface area contributed by atoms with Gasteiger partial charge in [0.05, 0.1) is 16.1 Å². The van der Waals surface area contributed by atoms with E-state index in [9.17, 15) is 0 Å². The molecule has 5 heteroatoms. The molecule has 0 fully saturated rings. The third-order valence-electron chi connectivity index (χ3n) is 2.56. The van der Waals surface area contributed by atoms with Gasteiger partial charge in [0.2, 0.25) is 0 Å². The average Bonchev–Trinajstić information content (AvgIpc) is 2.30. The maximum absolute atomic E-state index is 6.16. The van der Waals surface area contributed by atoms with Crippen LogP contribution in [0.4, 0.5) is 0 Å². The van der Waals surface area contributed by atoms with Gasteiger partial charge in [-0.3, -0.25) is 0 Å². The third-order valence-corrected chi connectivity index (χ3v) is 3.83. The van der Waals surface area contributed by atoms with Crippen molar-refractivity contribution in [3.05, 3.63) is 67.6 Å². The Kier molecular flexibility index (Phi) is 4.41. The van der Waals surface area contributed by atoms with Crippen LogP contribution in [0.5, 0.6) is 0 Å². The summed E-state index contributed by atoms with van der Waals surface area (Å²) in [6, 6.07) is 10.1. The van der Waals surface area contributed by atoms with E-state index in [1.807, 2.05) is 6.07 Å². The van der Waals surface area contributed by atoms with Gasteiger partial charge in [-0.1, -0.05) is 58.5 Å². The van der Waals surface area contributed by atoms with Crippen LogP contribution >= 0.6 is 46.4 Å². The van der Waals surface area contributed by atoms with Crippen molar-refractivity contribution in [2.45, 2.75) is 6.04 Å². The largest absolute Gasteiger partial charge is 0.320 e. The summed E-state index contributed by atoms with van der Waals surface area (Å²) in [6.07, 6.45) is 0. The van der Waals surface area contributed by atoms with Gasteiger partial charge in [0, 0.05) is 10.0 Å². The highest BCUT2D eigenvalue weighted by Crippen LogP contribution is 2.33. The molecular weight excluding hydrogens is 312 g/mol. The van der Waals surface area contributed by atoms with Crippen molar-refractivity contribution < 1.29 is 0 Å². The topological polar surface area (TPSA) is 26.0 Å². The lowest BCUT2D eigenvalue weighted by Crippen LogP contribution is -2.12. The number of benzene rings is 2. The molecule has 0 heterocycles. The van der Waals surface area contributed by atoms with Crippen LogP contribution in [0.3, 0.4) is 0 Å². The summed E-state index contributed by atoms with van der Waals surface area (Å²) in [7, 11) is 0. The molecular formula is C13H9Cl4N. The van der Waals surface area contributed by atoms with E-state index in [1.165, 1.54) is 0 Å². The zero-order valence-electron chi connectivity index (χ0n) is 9.13. The molecule has 1 unspecified atom stereocenters. The summed E-state index contributed by atoms with van der Waals surface area (Å²) in [5.74, 6) is 0. The van der Waals surface area contributed by atoms with Crippen LogP contribution in [0.1, 0.15) is 17.2 Å². The van der Waals surface area contributed by atoms with Gasteiger partial charge in [0.1, 0.15) is 0 Å². The number of hydrogen-bond donors (Lipinski definition) is 1. The van der Waals surface area contributed by atoms with Gasteiger partial charge in [0.15, 0.2) is 0 Å². The van der Waals surface area contributed by atoms with E-state index in [2.05, 4.69) is 0 Å². The summed E-state index contributed by atoms with van der Waals surface area (Å²) in [4.78, 5) is 0. The minimum absolute atomic E-state index is 0.424. The van der Waals surface area contributed by atoms with Gasteiger partial charge in [0.25, 0.3) is 0 Å². The Balaban J connectivity index is 2.47. The van der Waals surface area contributed by atoms with E-state index in [0.717, 1.165) is 11.1 Å². The quantitative estimate of drug-likeness (QED) is 0.793. The fraction of sp³-hybridized carbons (Fsp3) is 0.0769. The first kappa shape index (κ1) is 14.0. The minimum atomic E-state index is -0.424. The minimum Gasteiger partial charge on any atom is -0.320 e. The fourth-order valence-electron chi connectivity index (χ4n) is 1.69. The summed E-state index contributed by atoms with van der Waals surface area (Å²) < 4.78 is 0. The first-order valence-corrected chi connectivity index (χ1v) is 6.65. The summed E-state index contributed by atoms with van der Waals surface area (Å²) in [5, 5.41) is 1.98. The first-order chi connectivity index (χ1) is 8.49. The molecule has 1 atom stereocenters. The number of hydrogen-bond acceptors (Lipinski definition) is 1. The maximum Gasteiger partial charge on any atom is 0.0643 e. The summed E-state index contributed by atoms with van der Waals surface area (Å²) in [6.45, 7) is 0. The smallest absolute Gasteiger partial charge is 0.0643 e. The molecule has 0 aliphatic rings. The van der Waals surface area contributed by atoms with E-state index < -0.39 is 6.04 Å². The molecule has 1 nitrogen and oxygen atoms in total. The van der Waals surface area contributed by atoms with Crippen LogP contribution in [-0.2, 0) is 0 Å². The SMILES string of the molecule is NC(c1cc(Cl)cc(Cl)c1)c1cccc(Cl)c1Cl. The normalized spacial score (nSPS) is 12.5. The molecule has 0 saturated carbocycles. The Morgan fingerprint density at radius 3 is 2.11 bits per heavy atom. The molecule has 2 aromatic carbocycles. The van der Waals surface area contributed by atoms with Crippen molar-refractivity contribution >= 4 is 46.4 Å². The molecule has 0 aliphatic carbocycles. The van der Waals surface area contributed by atoms with Crippen molar-refractivity contribution in [1.29, 1.82) is 0 Å². The Morgan fingerprint density at radius 2 is 1.50 bits per heavy atom. The molecule has 18 heavy (non-hydrogen) atoms. The molecule has 0 aromatic heterocycles. The third kappa shape index (κ3) is 2.93. The van der Waals surface area contributed by atoms with Crippen LogP contribution in [0.25, 0.3) is 0 Å². The number of halogens is 4. The Hall–Kier alpha value is -0.440. The lowest BCUT2D eigenvalue weighted by molar-refractivity contribution is 0.872. The van der Waals surface area contributed by atoms with E-state index in [0.29, 0.717) is 20.1 Å². The summed E-state index contributed by atoms with van der Waals surface area (Å²) in [5.41, 5.74) is 7.69. The molecule has 0 bridgehead atoms. The first-order valence-electron chi connectivity index (χ1n) is 5.14. The molecule has 0 spiro atoms. The van der Waals surface area contributed by atoms with E-state index in [1.54, 1.807) is 30.3 Å². The van der Waals surface area contributed by atoms with Crippen molar-refractivity contribution in [2.24, 2.45) is 5.73 Å². The lowest BCUT2D eigenvalue weighted by atomic mass is 10.00. The van der Waals surface area contributed by atoms with Gasteiger partial charge in [-0.25, -0.2) is 0 Å². The van der Waals surface area contributed by atoms with Gasteiger partial charge in [-0.2, -0.15) is 0 Å². The van der Waals surface area contributed by atoms with Gasteiger partial charge < -0.3 is 5.73 Å². The second-order valence-corrected chi connectivity index (χ2v) is 5.48. The molecule has 2 rings (SSSR count). The molecule has 0 amide bonds. The van der Waals surface area contributed by atoms with Crippen molar-refractivity contribution in [1.82, 2.24) is 0 Å². The number of rotatable bonds is 2. The highest BCUT2D eigenvalue weighted by molar-refractivity contribution is 6.42. The highest BCUT2D eigenvalue weighted by Gasteiger charge is 2.15. The van der Waals surface area contributed by atoms with Crippen LogP contribution < -0.4 is 5.73 Å². The van der Waals surface area contributed by atoms with Gasteiger partial charge in [-0.05, 0) is 35.4 Å². The van der Waals surface area contributed by atoms with E-state index >= 15 is 0 Å². The fourth-order valence-corrected chi connectivity index (χ4v) is 2.66. The number of nitrogens with two attached hydrogens (primary N) is 1. The standard InChI is InChI=1S/C13H9Cl4N/c14-8-4-7(5-9(15)6-8)13(18)10-2-1-3-11(16)12(10)17/h1-6,13H,18H2. The molecule has 0 saturated heterocycles. The summed E-state index contributed by atoms with van der Waals surface area (Å²) >= 11 is 24.0. The van der Waals surface area contributed by atoms with Crippen molar-refractivity contribution in [3.63, 3.8) is 0 Å². The second-order valence-electron chi connectivity index (χ2n) is 3.82. The van der Waals surface area contributed by atoms with Crippen LogP contribution in [0, 0.1) is 0 Å². The van der Waals surface area contributed by atoms with Crippen LogP contribution in [0.2, 0.25) is 20.1 Å². The van der Waals surface area contributed by atoms with Crippen LogP contribution in [-0.4, -0.2) is 0 Å². The van der Waals surface area contributed by atoms with E-state index in [-0.39, 0.29) is 0 Å². The maximum atomic E-state index is 6.16. The predicted molar refractivity (Wildman–Crippen MR) is 79.0 cm³/mol. The van der Waals surface area contributed by atoms with Gasteiger partial charge in [-0.15, -0.1) is 0 Å². The average molecular weight is 321 g/mol. The Bertz CT molecular complexity index is 563. The molecule has 0 radical (unpaired) electrons. The van der Waals surface area contributed by atoms with Crippen LogP contribution in [0.15, 0.2) is 36.4 Å².